The summed E-state index contributed by atoms with van der Waals surface area (Å²) >= 11 is 1.53. The number of ether oxygens (including phenoxy) is 2. The van der Waals surface area contributed by atoms with Gasteiger partial charge in [0.05, 0.1) is 6.42 Å². The molecule has 4 nitrogen and oxygen atoms in total. The Labute approximate surface area is 132 Å². The number of fused-ring (bicyclic) bond motifs is 2. The maximum absolute atomic E-state index is 11.1. The Morgan fingerprint density at radius 3 is 2.91 bits per heavy atom. The molecule has 1 N–H and O–H groups in total. The summed E-state index contributed by atoms with van der Waals surface area (Å²) in [7, 11) is 0. The monoisotopic (exact) mass is 316 g/mol. The van der Waals surface area contributed by atoms with Gasteiger partial charge in [-0.05, 0) is 59.5 Å². The van der Waals surface area contributed by atoms with E-state index in [2.05, 4.69) is 18.2 Å². The molecule has 2 heterocycles. The van der Waals surface area contributed by atoms with Crippen molar-refractivity contribution in [2.45, 2.75) is 31.6 Å². The van der Waals surface area contributed by atoms with Crippen LogP contribution in [0.2, 0.25) is 0 Å². The maximum Gasteiger partial charge on any atom is 0.308 e. The second-order valence-corrected chi connectivity index (χ2v) is 6.72. The molecule has 0 saturated heterocycles. The molecule has 0 amide bonds. The standard InChI is InChI=1S/C17H16O4S/c18-17(19)8-16-12(4-5-22-16)11-3-1-2-10-6-14-15(7-13(10)11)21-9-20-14/h4-7,11H,1-3,8-9H2,(H,18,19). The molecule has 2 aliphatic rings. The van der Waals surface area contributed by atoms with Crippen LogP contribution in [-0.4, -0.2) is 17.9 Å². The van der Waals surface area contributed by atoms with Crippen molar-refractivity contribution in [1.82, 2.24) is 0 Å². The van der Waals surface area contributed by atoms with E-state index in [1.54, 1.807) is 0 Å². The van der Waals surface area contributed by atoms with E-state index in [0.717, 1.165) is 41.2 Å². The van der Waals surface area contributed by atoms with E-state index in [4.69, 9.17) is 14.6 Å². The van der Waals surface area contributed by atoms with Gasteiger partial charge in [0.2, 0.25) is 6.79 Å². The van der Waals surface area contributed by atoms with Gasteiger partial charge in [-0.25, -0.2) is 0 Å². The first-order valence-electron chi connectivity index (χ1n) is 7.43. The Bertz CT molecular complexity index is 734. The van der Waals surface area contributed by atoms with Gasteiger partial charge in [-0.15, -0.1) is 11.3 Å². The Morgan fingerprint density at radius 2 is 2.09 bits per heavy atom. The predicted octanol–water partition coefficient (Wildman–Crippen LogP) is 3.57. The molecule has 1 aliphatic carbocycles. The zero-order valence-corrected chi connectivity index (χ0v) is 12.8. The molecule has 1 aromatic heterocycles. The third-order valence-corrected chi connectivity index (χ3v) is 5.35. The van der Waals surface area contributed by atoms with Crippen LogP contribution in [0.15, 0.2) is 23.6 Å². The summed E-state index contributed by atoms with van der Waals surface area (Å²) < 4.78 is 11.0. The van der Waals surface area contributed by atoms with Crippen LogP contribution in [0.4, 0.5) is 0 Å². The highest BCUT2D eigenvalue weighted by molar-refractivity contribution is 7.10. The van der Waals surface area contributed by atoms with Crippen molar-refractivity contribution >= 4 is 17.3 Å². The maximum atomic E-state index is 11.1. The fourth-order valence-corrected chi connectivity index (χ4v) is 4.39. The fraction of sp³-hybridized carbons (Fsp3) is 0.353. The van der Waals surface area contributed by atoms with Gasteiger partial charge < -0.3 is 14.6 Å². The number of carboxylic acid groups (broad SMARTS) is 1. The lowest BCUT2D eigenvalue weighted by Gasteiger charge is -2.26. The van der Waals surface area contributed by atoms with Crippen LogP contribution in [0.5, 0.6) is 11.5 Å². The van der Waals surface area contributed by atoms with Gasteiger partial charge in [0.25, 0.3) is 0 Å². The molecular weight excluding hydrogens is 300 g/mol. The van der Waals surface area contributed by atoms with Crippen molar-refractivity contribution in [2.24, 2.45) is 0 Å². The summed E-state index contributed by atoms with van der Waals surface area (Å²) in [5, 5.41) is 11.1. The van der Waals surface area contributed by atoms with E-state index in [1.807, 2.05) is 5.38 Å². The van der Waals surface area contributed by atoms with E-state index in [0.29, 0.717) is 0 Å². The Morgan fingerprint density at radius 1 is 1.27 bits per heavy atom. The summed E-state index contributed by atoms with van der Waals surface area (Å²) in [4.78, 5) is 12.0. The van der Waals surface area contributed by atoms with E-state index in [9.17, 15) is 4.79 Å². The predicted molar refractivity (Wildman–Crippen MR) is 83.0 cm³/mol. The van der Waals surface area contributed by atoms with E-state index in [-0.39, 0.29) is 19.1 Å². The number of benzene rings is 1. The molecule has 0 fully saturated rings. The average Bonchev–Trinajstić information content (AvgIpc) is 3.12. The quantitative estimate of drug-likeness (QED) is 0.940. The van der Waals surface area contributed by atoms with Crippen LogP contribution in [0.25, 0.3) is 0 Å². The molecule has 5 heteroatoms. The SMILES string of the molecule is O=C(O)Cc1sccc1C1CCCc2cc3c(cc21)OCO3. The van der Waals surface area contributed by atoms with Crippen LogP contribution in [0, 0.1) is 0 Å². The fourth-order valence-electron chi connectivity index (χ4n) is 3.46. The number of rotatable bonds is 3. The smallest absolute Gasteiger partial charge is 0.308 e. The summed E-state index contributed by atoms with van der Waals surface area (Å²) in [5.74, 6) is 1.13. The molecule has 2 aromatic rings. The number of carbonyl (C=O) groups is 1. The van der Waals surface area contributed by atoms with Crippen molar-refractivity contribution in [3.8, 4) is 11.5 Å². The molecule has 0 saturated carbocycles. The van der Waals surface area contributed by atoms with E-state index in [1.165, 1.54) is 22.5 Å². The molecule has 0 spiro atoms. The molecule has 1 aliphatic heterocycles. The lowest BCUT2D eigenvalue weighted by atomic mass is 9.78. The molecule has 0 radical (unpaired) electrons. The van der Waals surface area contributed by atoms with Crippen LogP contribution >= 0.6 is 11.3 Å². The zero-order chi connectivity index (χ0) is 15.1. The Hall–Kier alpha value is -2.01. The summed E-state index contributed by atoms with van der Waals surface area (Å²) in [6.07, 6.45) is 3.31. The second-order valence-electron chi connectivity index (χ2n) is 5.72. The third kappa shape index (κ3) is 2.25. The number of aliphatic carboxylic acids is 1. The average molecular weight is 316 g/mol. The summed E-state index contributed by atoms with van der Waals surface area (Å²) in [6.45, 7) is 0.283. The molecule has 22 heavy (non-hydrogen) atoms. The van der Waals surface area contributed by atoms with Gasteiger partial charge in [0.1, 0.15) is 0 Å². The van der Waals surface area contributed by atoms with E-state index < -0.39 is 5.97 Å². The van der Waals surface area contributed by atoms with Crippen molar-refractivity contribution in [1.29, 1.82) is 0 Å². The lowest BCUT2D eigenvalue weighted by molar-refractivity contribution is -0.136. The van der Waals surface area contributed by atoms with Crippen molar-refractivity contribution in [2.75, 3.05) is 6.79 Å². The number of hydrogen-bond donors (Lipinski definition) is 1. The molecule has 1 unspecified atom stereocenters. The molecule has 1 aromatic carbocycles. The topological polar surface area (TPSA) is 55.8 Å². The van der Waals surface area contributed by atoms with Gasteiger partial charge in [0, 0.05) is 10.8 Å². The zero-order valence-electron chi connectivity index (χ0n) is 12.0. The highest BCUT2D eigenvalue weighted by Crippen LogP contribution is 2.45. The summed E-state index contributed by atoms with van der Waals surface area (Å²) in [5.41, 5.74) is 3.72. The van der Waals surface area contributed by atoms with Gasteiger partial charge >= 0.3 is 5.97 Å². The molecule has 1 atom stereocenters. The molecule has 0 bridgehead atoms. The first-order valence-corrected chi connectivity index (χ1v) is 8.31. The van der Waals surface area contributed by atoms with Gasteiger partial charge in [-0.1, -0.05) is 0 Å². The number of thiophene rings is 1. The summed E-state index contributed by atoms with van der Waals surface area (Å²) in [6, 6.07) is 6.25. The van der Waals surface area contributed by atoms with Crippen LogP contribution in [0.3, 0.4) is 0 Å². The van der Waals surface area contributed by atoms with Gasteiger partial charge in [0.15, 0.2) is 11.5 Å². The third-order valence-electron chi connectivity index (χ3n) is 4.42. The second kappa shape index (κ2) is 5.32. The normalized spacial score (nSPS) is 19.0. The Balaban J connectivity index is 1.76. The number of hydrogen-bond acceptors (Lipinski definition) is 4. The lowest BCUT2D eigenvalue weighted by Crippen LogP contribution is -2.12. The molecule has 4 rings (SSSR count). The highest BCUT2D eigenvalue weighted by atomic mass is 32.1. The largest absolute Gasteiger partial charge is 0.481 e. The highest BCUT2D eigenvalue weighted by Gasteiger charge is 2.28. The first kappa shape index (κ1) is 13.6. The number of carboxylic acids is 1. The van der Waals surface area contributed by atoms with Crippen LogP contribution in [-0.2, 0) is 17.6 Å². The van der Waals surface area contributed by atoms with Crippen LogP contribution in [0.1, 0.15) is 40.3 Å². The minimum atomic E-state index is -0.773. The first-order chi connectivity index (χ1) is 10.7. The van der Waals surface area contributed by atoms with E-state index >= 15 is 0 Å². The Kier molecular flexibility index (Phi) is 3.30. The molecule has 114 valence electrons. The number of aryl methyl sites for hydroxylation is 1. The van der Waals surface area contributed by atoms with Crippen molar-refractivity contribution in [3.05, 3.63) is 45.1 Å². The minimum absolute atomic E-state index is 0.101. The van der Waals surface area contributed by atoms with Crippen LogP contribution < -0.4 is 9.47 Å². The van der Waals surface area contributed by atoms with Crippen molar-refractivity contribution in [3.63, 3.8) is 0 Å². The van der Waals surface area contributed by atoms with Gasteiger partial charge in [-0.3, -0.25) is 4.79 Å². The minimum Gasteiger partial charge on any atom is -0.481 e. The van der Waals surface area contributed by atoms with Crippen molar-refractivity contribution < 1.29 is 19.4 Å². The van der Waals surface area contributed by atoms with Gasteiger partial charge in [-0.2, -0.15) is 0 Å². The molecular formula is C17H16O4S.